The number of nitrogens with zero attached hydrogens (tertiary/aromatic N) is 2. The smallest absolute Gasteiger partial charge is 0.139 e. The Morgan fingerprint density at radius 1 is 1.05 bits per heavy atom. The van der Waals surface area contributed by atoms with Crippen molar-refractivity contribution in [2.45, 2.75) is 33.2 Å². The maximum absolute atomic E-state index is 9.49. The van der Waals surface area contributed by atoms with Crippen LogP contribution in [0.5, 0.6) is 5.75 Å². The van der Waals surface area contributed by atoms with E-state index in [0.29, 0.717) is 0 Å². The fraction of sp³-hybridized carbons (Fsp3) is 0.278. The minimum Gasteiger partial charge on any atom is -0.508 e. The topological polar surface area (TPSA) is 49.6 Å². The monoisotopic (exact) mass is 295 g/mol. The minimum absolute atomic E-state index is 0.0780. The van der Waals surface area contributed by atoms with Gasteiger partial charge in [-0.15, -0.1) is 0 Å². The highest BCUT2D eigenvalue weighted by atomic mass is 16.3. The zero-order chi connectivity index (χ0) is 15.9. The van der Waals surface area contributed by atoms with Gasteiger partial charge in [-0.25, -0.2) is 4.98 Å². The number of anilines is 1. The second-order valence-electron chi connectivity index (χ2n) is 6.67. The van der Waals surface area contributed by atoms with E-state index in [1.165, 1.54) is 5.56 Å². The Balaban J connectivity index is 2.23. The van der Waals surface area contributed by atoms with Gasteiger partial charge in [0.05, 0.1) is 0 Å². The van der Waals surface area contributed by atoms with Gasteiger partial charge in [-0.05, 0) is 63.6 Å². The quantitative estimate of drug-likeness (QED) is 0.744. The molecule has 0 unspecified atom stereocenters. The van der Waals surface area contributed by atoms with Crippen LogP contribution in [-0.4, -0.2) is 20.0 Å². The van der Waals surface area contributed by atoms with Crippen molar-refractivity contribution < 1.29 is 5.11 Å². The highest BCUT2D eigenvalue weighted by Gasteiger charge is 2.19. The molecule has 0 aliphatic heterocycles. The van der Waals surface area contributed by atoms with Gasteiger partial charge in [0.2, 0.25) is 0 Å². The number of aromatic nitrogens is 2. The maximum atomic E-state index is 9.49. The van der Waals surface area contributed by atoms with E-state index in [1.807, 2.05) is 18.2 Å². The third-order valence-electron chi connectivity index (χ3n) is 3.40. The van der Waals surface area contributed by atoms with Crippen LogP contribution in [-0.2, 0) is 0 Å². The van der Waals surface area contributed by atoms with E-state index in [-0.39, 0.29) is 11.3 Å². The van der Waals surface area contributed by atoms with Crippen LogP contribution >= 0.6 is 0 Å². The summed E-state index contributed by atoms with van der Waals surface area (Å²) >= 11 is 0. The van der Waals surface area contributed by atoms with Gasteiger partial charge in [-0.1, -0.05) is 6.07 Å². The van der Waals surface area contributed by atoms with Crippen molar-refractivity contribution in [3.63, 3.8) is 0 Å². The number of imidazole rings is 1. The Bertz CT molecular complexity index is 811. The zero-order valence-electron chi connectivity index (χ0n) is 13.4. The van der Waals surface area contributed by atoms with Crippen LogP contribution in [0.15, 0.2) is 42.6 Å². The standard InChI is InChI=1S/C18H21N3O/c1-12-5-10-15-19-16(13-6-8-14(22)9-7-13)17(21(15)11-12)20-18(2,3)4/h5-11,20,22H,1-4H3. The molecule has 0 aliphatic carbocycles. The minimum atomic E-state index is -0.0780. The Morgan fingerprint density at radius 3 is 2.36 bits per heavy atom. The molecule has 0 spiro atoms. The van der Waals surface area contributed by atoms with Crippen LogP contribution in [0.2, 0.25) is 0 Å². The number of phenolic OH excluding ortho intramolecular Hbond substituents is 1. The summed E-state index contributed by atoms with van der Waals surface area (Å²) in [5, 5.41) is 13.0. The number of aromatic hydroxyl groups is 1. The molecule has 4 heteroatoms. The molecule has 2 heterocycles. The van der Waals surface area contributed by atoms with E-state index in [4.69, 9.17) is 4.98 Å². The van der Waals surface area contributed by atoms with Gasteiger partial charge in [0, 0.05) is 17.3 Å². The van der Waals surface area contributed by atoms with E-state index in [9.17, 15) is 5.11 Å². The molecular formula is C18H21N3O. The molecule has 2 aromatic heterocycles. The number of benzene rings is 1. The van der Waals surface area contributed by atoms with Crippen LogP contribution in [0.1, 0.15) is 26.3 Å². The summed E-state index contributed by atoms with van der Waals surface area (Å²) in [6.45, 7) is 8.45. The van der Waals surface area contributed by atoms with Gasteiger partial charge in [0.1, 0.15) is 22.9 Å². The molecule has 3 aromatic rings. The molecule has 0 fully saturated rings. The summed E-state index contributed by atoms with van der Waals surface area (Å²) in [5.41, 5.74) is 3.87. The molecule has 0 atom stereocenters. The van der Waals surface area contributed by atoms with E-state index in [1.54, 1.807) is 12.1 Å². The lowest BCUT2D eigenvalue weighted by atomic mass is 10.1. The summed E-state index contributed by atoms with van der Waals surface area (Å²) in [6.07, 6.45) is 2.08. The molecule has 0 saturated heterocycles. The average Bonchev–Trinajstić information content (AvgIpc) is 2.76. The van der Waals surface area contributed by atoms with Crippen LogP contribution < -0.4 is 5.32 Å². The van der Waals surface area contributed by atoms with Crippen LogP contribution in [0, 0.1) is 6.92 Å². The van der Waals surface area contributed by atoms with Crippen molar-refractivity contribution in [1.29, 1.82) is 0 Å². The summed E-state index contributed by atoms with van der Waals surface area (Å²) in [6, 6.07) is 11.2. The second kappa shape index (κ2) is 5.05. The van der Waals surface area contributed by atoms with E-state index in [0.717, 1.165) is 22.7 Å². The number of pyridine rings is 1. The van der Waals surface area contributed by atoms with Crippen molar-refractivity contribution in [3.8, 4) is 17.0 Å². The molecule has 22 heavy (non-hydrogen) atoms. The molecule has 0 amide bonds. The molecule has 0 saturated carbocycles. The second-order valence-corrected chi connectivity index (χ2v) is 6.67. The van der Waals surface area contributed by atoms with Crippen LogP contribution in [0.25, 0.3) is 16.9 Å². The van der Waals surface area contributed by atoms with Crippen LogP contribution in [0.4, 0.5) is 5.82 Å². The Morgan fingerprint density at radius 2 is 1.73 bits per heavy atom. The average molecular weight is 295 g/mol. The Labute approximate surface area is 130 Å². The molecule has 1 aromatic carbocycles. The first kappa shape index (κ1) is 14.4. The molecule has 0 bridgehead atoms. The first-order valence-corrected chi connectivity index (χ1v) is 7.40. The van der Waals surface area contributed by atoms with E-state index in [2.05, 4.69) is 49.7 Å². The summed E-state index contributed by atoms with van der Waals surface area (Å²) in [5.74, 6) is 1.23. The molecule has 114 valence electrons. The fourth-order valence-electron chi connectivity index (χ4n) is 2.45. The van der Waals surface area contributed by atoms with E-state index < -0.39 is 0 Å². The van der Waals surface area contributed by atoms with Gasteiger partial charge in [-0.2, -0.15) is 0 Å². The van der Waals surface area contributed by atoms with Crippen molar-refractivity contribution in [2.24, 2.45) is 0 Å². The SMILES string of the molecule is Cc1ccc2nc(-c3ccc(O)cc3)c(NC(C)(C)C)n2c1. The van der Waals surface area contributed by atoms with Crippen LogP contribution in [0.3, 0.4) is 0 Å². The lowest BCUT2D eigenvalue weighted by molar-refractivity contribution is 0.475. The zero-order valence-corrected chi connectivity index (χ0v) is 13.4. The maximum Gasteiger partial charge on any atom is 0.139 e. The Hall–Kier alpha value is -2.49. The highest BCUT2D eigenvalue weighted by Crippen LogP contribution is 2.31. The summed E-state index contributed by atoms with van der Waals surface area (Å²) in [4.78, 5) is 4.76. The van der Waals surface area contributed by atoms with Gasteiger partial charge in [0.25, 0.3) is 0 Å². The summed E-state index contributed by atoms with van der Waals surface area (Å²) < 4.78 is 2.09. The molecule has 3 rings (SSSR count). The van der Waals surface area contributed by atoms with E-state index >= 15 is 0 Å². The third-order valence-corrected chi connectivity index (χ3v) is 3.40. The number of nitrogens with one attached hydrogen (secondary N) is 1. The number of rotatable bonds is 2. The molecule has 4 nitrogen and oxygen atoms in total. The lowest BCUT2D eigenvalue weighted by Crippen LogP contribution is -2.27. The first-order chi connectivity index (χ1) is 10.3. The lowest BCUT2D eigenvalue weighted by Gasteiger charge is -2.22. The van der Waals surface area contributed by atoms with Gasteiger partial charge >= 0.3 is 0 Å². The summed E-state index contributed by atoms with van der Waals surface area (Å²) in [7, 11) is 0. The van der Waals surface area contributed by atoms with Gasteiger partial charge < -0.3 is 10.4 Å². The molecule has 0 radical (unpaired) electrons. The molecular weight excluding hydrogens is 274 g/mol. The van der Waals surface area contributed by atoms with Crippen molar-refractivity contribution >= 4 is 11.5 Å². The predicted octanol–water partition coefficient (Wildman–Crippen LogP) is 4.23. The normalized spacial score (nSPS) is 11.8. The highest BCUT2D eigenvalue weighted by molar-refractivity contribution is 5.77. The van der Waals surface area contributed by atoms with Crippen molar-refractivity contribution in [3.05, 3.63) is 48.2 Å². The first-order valence-electron chi connectivity index (χ1n) is 7.40. The fourth-order valence-corrected chi connectivity index (χ4v) is 2.45. The third kappa shape index (κ3) is 2.77. The van der Waals surface area contributed by atoms with Crippen molar-refractivity contribution in [1.82, 2.24) is 9.38 Å². The number of hydrogen-bond donors (Lipinski definition) is 2. The number of fused-ring (bicyclic) bond motifs is 1. The Kier molecular flexibility index (Phi) is 3.32. The van der Waals surface area contributed by atoms with Crippen molar-refractivity contribution in [2.75, 3.05) is 5.32 Å². The number of hydrogen-bond acceptors (Lipinski definition) is 3. The molecule has 0 aliphatic rings. The van der Waals surface area contributed by atoms with Gasteiger partial charge in [-0.3, -0.25) is 4.40 Å². The number of phenols is 1. The number of aryl methyl sites for hydroxylation is 1. The molecule has 2 N–H and O–H groups in total. The van der Waals surface area contributed by atoms with Gasteiger partial charge in [0.15, 0.2) is 0 Å². The largest absolute Gasteiger partial charge is 0.508 e. The predicted molar refractivity (Wildman–Crippen MR) is 90.4 cm³/mol.